The van der Waals surface area contributed by atoms with E-state index in [9.17, 15) is 9.59 Å². The number of fused-ring (bicyclic) bond motifs is 1. The van der Waals surface area contributed by atoms with Crippen LogP contribution in [0.25, 0.3) is 0 Å². The van der Waals surface area contributed by atoms with Gasteiger partial charge in [-0.15, -0.1) is 0 Å². The van der Waals surface area contributed by atoms with Crippen LogP contribution in [0.4, 0.5) is 16.2 Å². The zero-order valence-electron chi connectivity index (χ0n) is 15.4. The summed E-state index contributed by atoms with van der Waals surface area (Å²) >= 11 is 0. The maximum absolute atomic E-state index is 12.8. The topological polar surface area (TPSA) is 53.1 Å². The largest absolute Gasteiger partial charge is 0.494 e. The summed E-state index contributed by atoms with van der Waals surface area (Å²) in [6.45, 7) is 4.47. The van der Waals surface area contributed by atoms with E-state index in [2.05, 4.69) is 6.07 Å². The van der Waals surface area contributed by atoms with E-state index >= 15 is 0 Å². The second-order valence-corrected chi connectivity index (χ2v) is 6.71. The summed E-state index contributed by atoms with van der Waals surface area (Å²) in [6, 6.07) is 15.3. The van der Waals surface area contributed by atoms with Crippen molar-refractivity contribution in [1.82, 2.24) is 4.90 Å². The minimum atomic E-state index is -0.125. The third-order valence-electron chi connectivity index (χ3n) is 5.07. The number of nitrogens with zero attached hydrogens (tertiary/aromatic N) is 3. The highest BCUT2D eigenvalue weighted by Gasteiger charge is 2.33. The lowest BCUT2D eigenvalue weighted by molar-refractivity contribution is -0.118. The average Bonchev–Trinajstić information content (AvgIpc) is 3.27. The van der Waals surface area contributed by atoms with Gasteiger partial charge < -0.3 is 14.5 Å². The van der Waals surface area contributed by atoms with Crippen LogP contribution in [0.15, 0.2) is 48.5 Å². The zero-order valence-corrected chi connectivity index (χ0v) is 15.4. The molecule has 2 heterocycles. The Labute approximate surface area is 158 Å². The molecule has 1 saturated heterocycles. The zero-order chi connectivity index (χ0) is 18.8. The van der Waals surface area contributed by atoms with Crippen molar-refractivity contribution < 1.29 is 14.3 Å². The van der Waals surface area contributed by atoms with E-state index in [0.717, 1.165) is 23.5 Å². The van der Waals surface area contributed by atoms with Gasteiger partial charge in [0.25, 0.3) is 0 Å². The average molecular weight is 365 g/mol. The van der Waals surface area contributed by atoms with Crippen molar-refractivity contribution in [1.29, 1.82) is 0 Å². The molecule has 6 heteroatoms. The predicted octanol–water partition coefficient (Wildman–Crippen LogP) is 2.92. The van der Waals surface area contributed by atoms with Crippen molar-refractivity contribution in [3.05, 3.63) is 54.1 Å². The van der Waals surface area contributed by atoms with Crippen LogP contribution in [0.2, 0.25) is 0 Å². The molecular weight excluding hydrogens is 342 g/mol. The molecule has 2 aromatic rings. The molecule has 2 aliphatic rings. The van der Waals surface area contributed by atoms with Gasteiger partial charge in [0.1, 0.15) is 12.3 Å². The summed E-state index contributed by atoms with van der Waals surface area (Å²) in [5.41, 5.74) is 2.98. The molecule has 0 aromatic heterocycles. The van der Waals surface area contributed by atoms with Crippen LogP contribution < -0.4 is 14.5 Å². The molecule has 1 fully saturated rings. The molecule has 0 bridgehead atoms. The van der Waals surface area contributed by atoms with Crippen LogP contribution in [0, 0.1) is 0 Å². The Hall–Kier alpha value is -3.02. The van der Waals surface area contributed by atoms with Crippen molar-refractivity contribution >= 4 is 23.3 Å². The highest BCUT2D eigenvalue weighted by atomic mass is 16.5. The standard InChI is InChI=1S/C21H23N3O3/c1-2-27-18-9-7-17(8-10-18)23-14-13-22(21(23)26)15-20(25)24-12-11-16-5-3-4-6-19(16)24/h3-10H,2,11-15H2,1H3. The van der Waals surface area contributed by atoms with Crippen LogP contribution >= 0.6 is 0 Å². The first kappa shape index (κ1) is 17.4. The molecule has 0 radical (unpaired) electrons. The summed E-state index contributed by atoms with van der Waals surface area (Å²) < 4.78 is 5.45. The van der Waals surface area contributed by atoms with Crippen molar-refractivity contribution in [3.63, 3.8) is 0 Å². The molecule has 0 spiro atoms. The first-order valence-corrected chi connectivity index (χ1v) is 9.35. The Morgan fingerprint density at radius 3 is 2.59 bits per heavy atom. The van der Waals surface area contributed by atoms with Crippen LogP contribution in [0.3, 0.4) is 0 Å². The number of ether oxygens (including phenoxy) is 1. The second-order valence-electron chi connectivity index (χ2n) is 6.71. The summed E-state index contributed by atoms with van der Waals surface area (Å²) in [5.74, 6) is 0.759. The Bertz CT molecular complexity index is 850. The highest BCUT2D eigenvalue weighted by molar-refractivity contribution is 6.01. The molecular formula is C21H23N3O3. The predicted molar refractivity (Wildman–Crippen MR) is 104 cm³/mol. The fourth-order valence-corrected chi connectivity index (χ4v) is 3.70. The lowest BCUT2D eigenvalue weighted by Gasteiger charge is -2.22. The first-order valence-electron chi connectivity index (χ1n) is 9.35. The number of para-hydroxylation sites is 1. The van der Waals surface area contributed by atoms with Gasteiger partial charge in [0.2, 0.25) is 5.91 Å². The number of hydrogen-bond acceptors (Lipinski definition) is 3. The fraction of sp³-hybridized carbons (Fsp3) is 0.333. The number of hydrogen-bond donors (Lipinski definition) is 0. The second kappa shape index (κ2) is 7.31. The minimum absolute atomic E-state index is 0.0261. The van der Waals surface area contributed by atoms with Crippen molar-refractivity contribution in [3.8, 4) is 5.75 Å². The van der Waals surface area contributed by atoms with Crippen molar-refractivity contribution in [2.45, 2.75) is 13.3 Å². The molecule has 3 amide bonds. The molecule has 2 aliphatic heterocycles. The number of rotatable bonds is 5. The van der Waals surface area contributed by atoms with Gasteiger partial charge in [-0.2, -0.15) is 0 Å². The molecule has 27 heavy (non-hydrogen) atoms. The summed E-state index contributed by atoms with van der Waals surface area (Å²) in [4.78, 5) is 30.7. The van der Waals surface area contributed by atoms with Gasteiger partial charge in [-0.25, -0.2) is 4.79 Å². The number of anilines is 2. The maximum Gasteiger partial charge on any atom is 0.325 e. The summed E-state index contributed by atoms with van der Waals surface area (Å²) in [7, 11) is 0. The third-order valence-corrected chi connectivity index (χ3v) is 5.07. The van der Waals surface area contributed by atoms with Gasteiger partial charge in [0.15, 0.2) is 0 Å². The Morgan fingerprint density at radius 2 is 1.81 bits per heavy atom. The minimum Gasteiger partial charge on any atom is -0.494 e. The van der Waals surface area contributed by atoms with E-state index in [1.54, 1.807) is 14.7 Å². The quantitative estimate of drug-likeness (QED) is 0.819. The molecule has 6 nitrogen and oxygen atoms in total. The van der Waals surface area contributed by atoms with Crippen molar-refractivity contribution in [2.24, 2.45) is 0 Å². The molecule has 0 atom stereocenters. The van der Waals surface area contributed by atoms with Gasteiger partial charge in [0, 0.05) is 31.0 Å². The normalized spacial score (nSPS) is 16.0. The fourth-order valence-electron chi connectivity index (χ4n) is 3.70. The molecule has 0 N–H and O–H groups in total. The van der Waals surface area contributed by atoms with E-state index in [4.69, 9.17) is 4.74 Å². The van der Waals surface area contributed by atoms with Crippen LogP contribution in [0.1, 0.15) is 12.5 Å². The number of carbonyl (C=O) groups is 2. The SMILES string of the molecule is CCOc1ccc(N2CCN(CC(=O)N3CCc4ccccc43)C2=O)cc1. The monoisotopic (exact) mass is 365 g/mol. The molecule has 4 rings (SSSR count). The van der Waals surface area contributed by atoms with Crippen molar-refractivity contribution in [2.75, 3.05) is 42.6 Å². The highest BCUT2D eigenvalue weighted by Crippen LogP contribution is 2.28. The van der Waals surface area contributed by atoms with E-state index in [1.807, 2.05) is 49.4 Å². The van der Waals surface area contributed by atoms with E-state index in [1.165, 1.54) is 5.56 Å². The molecule has 0 aliphatic carbocycles. The number of carbonyl (C=O) groups excluding carboxylic acids is 2. The Morgan fingerprint density at radius 1 is 1.04 bits per heavy atom. The number of benzene rings is 2. The summed E-state index contributed by atoms with van der Waals surface area (Å²) in [5, 5.41) is 0. The lowest BCUT2D eigenvalue weighted by atomic mass is 10.2. The lowest BCUT2D eigenvalue weighted by Crippen LogP contribution is -2.41. The van der Waals surface area contributed by atoms with Crippen LogP contribution in [-0.2, 0) is 11.2 Å². The molecule has 0 unspecified atom stereocenters. The van der Waals surface area contributed by atoms with Crippen LogP contribution in [-0.4, -0.2) is 49.6 Å². The smallest absolute Gasteiger partial charge is 0.325 e. The van der Waals surface area contributed by atoms with E-state index in [-0.39, 0.29) is 18.5 Å². The van der Waals surface area contributed by atoms with Gasteiger partial charge in [-0.05, 0) is 49.2 Å². The molecule has 0 saturated carbocycles. The number of amides is 3. The van der Waals surface area contributed by atoms with Crippen LogP contribution in [0.5, 0.6) is 5.75 Å². The van der Waals surface area contributed by atoms with Gasteiger partial charge in [-0.3, -0.25) is 9.69 Å². The van der Waals surface area contributed by atoms with Gasteiger partial charge >= 0.3 is 6.03 Å². The number of urea groups is 1. The van der Waals surface area contributed by atoms with E-state index < -0.39 is 0 Å². The third kappa shape index (κ3) is 3.35. The molecule has 140 valence electrons. The first-order chi connectivity index (χ1) is 13.2. The maximum atomic E-state index is 12.8. The Kier molecular flexibility index (Phi) is 4.71. The summed E-state index contributed by atoms with van der Waals surface area (Å²) in [6.07, 6.45) is 0.869. The van der Waals surface area contributed by atoms with Gasteiger partial charge in [0.05, 0.1) is 6.61 Å². The van der Waals surface area contributed by atoms with E-state index in [0.29, 0.717) is 26.2 Å². The molecule has 2 aromatic carbocycles. The van der Waals surface area contributed by atoms with Gasteiger partial charge in [-0.1, -0.05) is 18.2 Å². The Balaban J connectivity index is 1.41.